The molecular formula is C21H18F7N5O2S. The number of anilines is 1. The predicted molar refractivity (Wildman–Crippen MR) is 114 cm³/mol. The smallest absolute Gasteiger partial charge is 0.269 e. The lowest BCUT2D eigenvalue weighted by atomic mass is 10.1. The molecule has 0 spiro atoms. The zero-order valence-corrected chi connectivity index (χ0v) is 19.1. The van der Waals surface area contributed by atoms with Gasteiger partial charge in [-0.15, -0.1) is 5.10 Å². The highest BCUT2D eigenvalue weighted by molar-refractivity contribution is 7.90. The Morgan fingerprint density at radius 3 is 2.39 bits per heavy atom. The third kappa shape index (κ3) is 4.17. The first-order chi connectivity index (χ1) is 17.0. The SMILES string of the molecule is O=S(=O)(C1CC1)N1CC[C@@H](Nc2ncc3c(F)cc(-c4c(F)cc(F)c(C(F)F)c4F)n3n2)[C@H](F)C1. The largest absolute Gasteiger partial charge is 0.347 e. The van der Waals surface area contributed by atoms with Crippen LogP contribution in [0.5, 0.6) is 0 Å². The minimum Gasteiger partial charge on any atom is -0.347 e. The second kappa shape index (κ2) is 8.87. The monoisotopic (exact) mass is 537 g/mol. The maximum Gasteiger partial charge on any atom is 0.269 e. The highest BCUT2D eigenvalue weighted by Gasteiger charge is 2.43. The number of fused-ring (bicyclic) bond motifs is 1. The van der Waals surface area contributed by atoms with Crippen molar-refractivity contribution in [3.63, 3.8) is 0 Å². The summed E-state index contributed by atoms with van der Waals surface area (Å²) in [4.78, 5) is 3.86. The van der Waals surface area contributed by atoms with Crippen molar-refractivity contribution in [2.24, 2.45) is 0 Å². The number of halogens is 7. The summed E-state index contributed by atoms with van der Waals surface area (Å²) in [5.41, 5.74) is -3.81. The Hall–Kier alpha value is -2.94. The second-order valence-electron chi connectivity index (χ2n) is 8.66. The highest BCUT2D eigenvalue weighted by Crippen LogP contribution is 2.36. The molecule has 1 aliphatic carbocycles. The van der Waals surface area contributed by atoms with Crippen LogP contribution in [0.2, 0.25) is 0 Å². The molecule has 194 valence electrons. The lowest BCUT2D eigenvalue weighted by molar-refractivity contribution is 0.141. The average Bonchev–Trinajstić information content (AvgIpc) is 3.61. The number of benzene rings is 1. The number of hydrogen-bond acceptors (Lipinski definition) is 5. The first kappa shape index (κ1) is 24.7. The number of rotatable bonds is 6. The minimum atomic E-state index is -3.61. The molecular weight excluding hydrogens is 519 g/mol. The van der Waals surface area contributed by atoms with Crippen molar-refractivity contribution in [1.82, 2.24) is 18.9 Å². The van der Waals surface area contributed by atoms with Crippen LogP contribution in [0.15, 0.2) is 18.3 Å². The molecule has 0 bridgehead atoms. The van der Waals surface area contributed by atoms with Gasteiger partial charge in [-0.3, -0.25) is 0 Å². The summed E-state index contributed by atoms with van der Waals surface area (Å²) in [6.45, 7) is -0.338. The molecule has 0 amide bonds. The van der Waals surface area contributed by atoms with Crippen LogP contribution < -0.4 is 5.32 Å². The Kier molecular flexibility index (Phi) is 6.09. The van der Waals surface area contributed by atoms with E-state index < -0.39 is 74.0 Å². The van der Waals surface area contributed by atoms with Crippen LogP contribution in [0, 0.1) is 23.3 Å². The molecule has 1 N–H and O–H groups in total. The Balaban J connectivity index is 1.46. The number of piperidine rings is 1. The van der Waals surface area contributed by atoms with Gasteiger partial charge in [0.05, 0.1) is 34.3 Å². The van der Waals surface area contributed by atoms with Crippen LogP contribution in [0.3, 0.4) is 0 Å². The van der Waals surface area contributed by atoms with Crippen molar-refractivity contribution in [3.05, 3.63) is 47.2 Å². The van der Waals surface area contributed by atoms with Gasteiger partial charge in [-0.25, -0.2) is 48.7 Å². The number of nitrogens with one attached hydrogen (secondary N) is 1. The average molecular weight is 537 g/mol. The van der Waals surface area contributed by atoms with Crippen LogP contribution in [-0.2, 0) is 10.0 Å². The summed E-state index contributed by atoms with van der Waals surface area (Å²) in [6, 6.07) is -0.238. The van der Waals surface area contributed by atoms with E-state index in [1.54, 1.807) is 0 Å². The number of alkyl halides is 3. The van der Waals surface area contributed by atoms with E-state index in [1.807, 2.05) is 0 Å². The fourth-order valence-corrected chi connectivity index (χ4v) is 6.11. The van der Waals surface area contributed by atoms with Crippen LogP contribution >= 0.6 is 0 Å². The summed E-state index contributed by atoms with van der Waals surface area (Å²) in [6.07, 6.45) is -3.19. The molecule has 0 unspecified atom stereocenters. The number of sulfonamides is 1. The third-order valence-electron chi connectivity index (χ3n) is 6.27. The van der Waals surface area contributed by atoms with Crippen LogP contribution in [0.1, 0.15) is 31.3 Å². The van der Waals surface area contributed by atoms with Gasteiger partial charge in [0.1, 0.15) is 29.1 Å². The van der Waals surface area contributed by atoms with Gasteiger partial charge in [0.15, 0.2) is 5.82 Å². The molecule has 36 heavy (non-hydrogen) atoms. The number of nitrogens with zero attached hydrogens (tertiary/aromatic N) is 4. The Morgan fingerprint density at radius 2 is 1.75 bits per heavy atom. The van der Waals surface area contributed by atoms with Crippen LogP contribution in [0.4, 0.5) is 36.7 Å². The molecule has 15 heteroatoms. The minimum absolute atomic E-state index is 0.0466. The Bertz CT molecular complexity index is 1440. The fourth-order valence-electron chi connectivity index (χ4n) is 4.25. The van der Waals surface area contributed by atoms with Crippen molar-refractivity contribution < 1.29 is 39.2 Å². The molecule has 2 fully saturated rings. The molecule has 2 aliphatic rings. The van der Waals surface area contributed by atoms with Gasteiger partial charge in [-0.2, -0.15) is 4.31 Å². The molecule has 3 aromatic rings. The Morgan fingerprint density at radius 1 is 1.03 bits per heavy atom. The molecule has 2 atom stereocenters. The molecule has 1 aliphatic heterocycles. The highest BCUT2D eigenvalue weighted by atomic mass is 32.2. The van der Waals surface area contributed by atoms with Gasteiger partial charge >= 0.3 is 0 Å². The van der Waals surface area contributed by atoms with Gasteiger partial charge in [0, 0.05) is 25.2 Å². The molecule has 1 aromatic carbocycles. The van der Waals surface area contributed by atoms with Crippen molar-refractivity contribution in [2.45, 2.75) is 43.2 Å². The van der Waals surface area contributed by atoms with E-state index >= 15 is 0 Å². The van der Waals surface area contributed by atoms with E-state index in [1.165, 1.54) is 0 Å². The van der Waals surface area contributed by atoms with E-state index in [4.69, 9.17) is 0 Å². The van der Waals surface area contributed by atoms with Gasteiger partial charge in [0.25, 0.3) is 6.43 Å². The molecule has 5 rings (SSSR count). The molecule has 1 saturated heterocycles. The summed E-state index contributed by atoms with van der Waals surface area (Å²) in [5.74, 6) is -6.60. The topological polar surface area (TPSA) is 79.6 Å². The predicted octanol–water partition coefficient (Wildman–Crippen LogP) is 4.21. The van der Waals surface area contributed by atoms with E-state index in [0.717, 1.165) is 10.5 Å². The van der Waals surface area contributed by atoms with E-state index in [0.29, 0.717) is 23.4 Å². The summed E-state index contributed by atoms with van der Waals surface area (Å²) in [7, 11) is -3.56. The zero-order chi connectivity index (χ0) is 25.9. The van der Waals surface area contributed by atoms with Gasteiger partial charge in [-0.1, -0.05) is 0 Å². The zero-order valence-electron chi connectivity index (χ0n) is 18.2. The molecule has 0 radical (unpaired) electrons. The van der Waals surface area contributed by atoms with Crippen LogP contribution in [-0.4, -0.2) is 57.9 Å². The van der Waals surface area contributed by atoms with Gasteiger partial charge < -0.3 is 5.32 Å². The third-order valence-corrected chi connectivity index (χ3v) is 8.64. The van der Waals surface area contributed by atoms with Crippen molar-refractivity contribution in [1.29, 1.82) is 0 Å². The second-order valence-corrected chi connectivity index (χ2v) is 10.9. The maximum absolute atomic E-state index is 14.8. The first-order valence-corrected chi connectivity index (χ1v) is 12.4. The Labute approximate surface area is 200 Å². The normalized spacial score (nSPS) is 21.4. The van der Waals surface area contributed by atoms with Crippen molar-refractivity contribution in [3.8, 4) is 11.3 Å². The van der Waals surface area contributed by atoms with E-state index in [-0.39, 0.29) is 37.0 Å². The first-order valence-electron chi connectivity index (χ1n) is 10.9. The molecule has 3 heterocycles. The van der Waals surface area contributed by atoms with E-state index in [2.05, 4.69) is 15.4 Å². The number of aromatic nitrogens is 3. The molecule has 2 aromatic heterocycles. The van der Waals surface area contributed by atoms with E-state index in [9.17, 15) is 39.2 Å². The van der Waals surface area contributed by atoms with Gasteiger partial charge in [0.2, 0.25) is 16.0 Å². The fraction of sp³-hybridized carbons (Fsp3) is 0.429. The van der Waals surface area contributed by atoms with Crippen molar-refractivity contribution >= 4 is 21.5 Å². The standard InChI is InChI=1S/C21H18F7N5O2S/c22-10-6-15(17-11(23)5-12(24)18(19(17)26)20(27)28)33-16(10)7-29-21(31-33)30-14-3-4-32(8-13(14)25)36(34,35)9-1-2-9/h5-7,9,13-14,20H,1-4,8H2,(H,30,31)/t13-,14-/m1/s1. The number of hydrogen-bond donors (Lipinski definition) is 1. The van der Waals surface area contributed by atoms with Crippen LogP contribution in [0.25, 0.3) is 16.8 Å². The summed E-state index contributed by atoms with van der Waals surface area (Å²) >= 11 is 0. The lowest BCUT2D eigenvalue weighted by Gasteiger charge is -2.34. The molecule has 7 nitrogen and oxygen atoms in total. The maximum atomic E-state index is 14.8. The van der Waals surface area contributed by atoms with Crippen molar-refractivity contribution in [2.75, 3.05) is 18.4 Å². The molecule has 1 saturated carbocycles. The lowest BCUT2D eigenvalue weighted by Crippen LogP contribution is -2.50. The summed E-state index contributed by atoms with van der Waals surface area (Å²) < 4.78 is 125. The quantitative estimate of drug-likeness (QED) is 0.477. The summed E-state index contributed by atoms with van der Waals surface area (Å²) in [5, 5.41) is 6.11. The van der Waals surface area contributed by atoms with Gasteiger partial charge in [-0.05, 0) is 19.3 Å².